The second kappa shape index (κ2) is 11.1. The van der Waals surface area contributed by atoms with Crippen LogP contribution in [-0.2, 0) is 30.8 Å². The summed E-state index contributed by atoms with van der Waals surface area (Å²) in [6.45, 7) is 0.857. The Bertz CT molecular complexity index is 1500. The molecule has 0 unspecified atom stereocenters. The second-order valence-electron chi connectivity index (χ2n) is 8.91. The van der Waals surface area contributed by atoms with E-state index in [1.54, 1.807) is 22.7 Å². The number of carbonyl (C=O) groups is 1. The van der Waals surface area contributed by atoms with Gasteiger partial charge in [-0.2, -0.15) is 0 Å². The molecule has 6 aromatic rings. The van der Waals surface area contributed by atoms with Crippen LogP contribution in [0.2, 0.25) is 0 Å². The first-order valence-electron chi connectivity index (χ1n) is 12.3. The number of aromatic nitrogens is 2. The molecule has 0 aliphatic heterocycles. The number of hydrogen-bond donors (Lipinski definition) is 0. The van der Waals surface area contributed by atoms with Gasteiger partial charge in [-0.1, -0.05) is 48.5 Å². The van der Waals surface area contributed by atoms with Crippen LogP contribution in [0.5, 0.6) is 11.5 Å². The number of hydrogen-bond acceptors (Lipinski definition) is 7. The summed E-state index contributed by atoms with van der Waals surface area (Å²) in [5.74, 6) is 1.69. The Labute approximate surface area is 228 Å². The molecule has 0 aliphatic rings. The lowest BCUT2D eigenvalue weighted by molar-refractivity contribution is -0.117. The van der Waals surface area contributed by atoms with Gasteiger partial charge < -0.3 is 9.47 Å². The first kappa shape index (κ1) is 24.3. The highest BCUT2D eigenvalue weighted by atomic mass is 32.1. The van der Waals surface area contributed by atoms with Crippen LogP contribution in [0, 0.1) is 0 Å². The van der Waals surface area contributed by atoms with Crippen LogP contribution in [-0.4, -0.2) is 15.8 Å². The predicted octanol–water partition coefficient (Wildman–Crippen LogP) is 7.42. The monoisotopic (exact) mass is 536 g/mol. The highest BCUT2D eigenvalue weighted by Gasteiger charge is 2.09. The van der Waals surface area contributed by atoms with Gasteiger partial charge in [-0.3, -0.25) is 4.79 Å². The number of fused-ring (bicyclic) bond motifs is 2. The van der Waals surface area contributed by atoms with Crippen molar-refractivity contribution in [2.24, 2.45) is 0 Å². The van der Waals surface area contributed by atoms with Crippen LogP contribution in [0.15, 0.2) is 97.1 Å². The zero-order valence-electron chi connectivity index (χ0n) is 20.5. The van der Waals surface area contributed by atoms with E-state index in [9.17, 15) is 4.79 Å². The van der Waals surface area contributed by atoms with E-state index in [-0.39, 0.29) is 5.78 Å². The van der Waals surface area contributed by atoms with Crippen molar-refractivity contribution in [3.63, 3.8) is 0 Å². The maximum atomic E-state index is 12.7. The van der Waals surface area contributed by atoms with Gasteiger partial charge in [-0.15, -0.1) is 22.7 Å². The van der Waals surface area contributed by atoms with Gasteiger partial charge in [-0.05, 0) is 59.7 Å². The Morgan fingerprint density at radius 2 is 1.00 bits per heavy atom. The van der Waals surface area contributed by atoms with Crippen molar-refractivity contribution in [1.29, 1.82) is 0 Å². The topological polar surface area (TPSA) is 61.3 Å². The van der Waals surface area contributed by atoms with E-state index in [4.69, 9.17) is 9.47 Å². The summed E-state index contributed by atoms with van der Waals surface area (Å²) in [4.78, 5) is 21.9. The first-order chi connectivity index (χ1) is 18.7. The van der Waals surface area contributed by atoms with Gasteiger partial charge in [0.1, 0.15) is 40.5 Å². The molecule has 0 aliphatic carbocycles. The number of benzene rings is 4. The Balaban J connectivity index is 0.973. The van der Waals surface area contributed by atoms with Gasteiger partial charge in [0.05, 0.1) is 20.4 Å². The molecule has 0 spiro atoms. The third-order valence-corrected chi connectivity index (χ3v) is 8.07. The third kappa shape index (κ3) is 5.90. The predicted molar refractivity (Wildman–Crippen MR) is 153 cm³/mol. The van der Waals surface area contributed by atoms with Crippen LogP contribution in [0.1, 0.15) is 21.1 Å². The van der Waals surface area contributed by atoms with E-state index in [2.05, 4.69) is 22.1 Å². The highest BCUT2D eigenvalue weighted by Crippen LogP contribution is 2.24. The Morgan fingerprint density at radius 3 is 1.42 bits per heavy atom. The SMILES string of the molecule is O=C(Cc1ccc(OCc2nc3ccccc3s2)cc1)Cc1ccc(OCc2nc3ccccc3s2)cc1. The van der Waals surface area contributed by atoms with Crippen LogP contribution in [0.25, 0.3) is 20.4 Å². The quantitative estimate of drug-likeness (QED) is 0.182. The molecule has 0 bridgehead atoms. The van der Waals surface area contributed by atoms with Crippen molar-refractivity contribution in [3.8, 4) is 11.5 Å². The van der Waals surface area contributed by atoms with Crippen molar-refractivity contribution in [3.05, 3.63) is 118 Å². The van der Waals surface area contributed by atoms with Crippen molar-refractivity contribution in [2.75, 3.05) is 0 Å². The summed E-state index contributed by atoms with van der Waals surface area (Å²) < 4.78 is 14.1. The highest BCUT2D eigenvalue weighted by molar-refractivity contribution is 7.18. The summed E-state index contributed by atoms with van der Waals surface area (Å²) in [6, 6.07) is 31.6. The van der Waals surface area contributed by atoms with Crippen molar-refractivity contribution in [2.45, 2.75) is 26.1 Å². The molecule has 0 fully saturated rings. The van der Waals surface area contributed by atoms with Crippen LogP contribution < -0.4 is 9.47 Å². The van der Waals surface area contributed by atoms with Gasteiger partial charge >= 0.3 is 0 Å². The van der Waals surface area contributed by atoms with Gasteiger partial charge in [0.15, 0.2) is 0 Å². The normalized spacial score (nSPS) is 11.2. The number of para-hydroxylation sites is 2. The van der Waals surface area contributed by atoms with Crippen molar-refractivity contribution < 1.29 is 14.3 Å². The first-order valence-corrected chi connectivity index (χ1v) is 14.0. The van der Waals surface area contributed by atoms with Gasteiger partial charge in [0.25, 0.3) is 0 Å². The molecule has 38 heavy (non-hydrogen) atoms. The van der Waals surface area contributed by atoms with E-state index >= 15 is 0 Å². The molecule has 0 saturated heterocycles. The van der Waals surface area contributed by atoms with Gasteiger partial charge in [0, 0.05) is 12.8 Å². The van der Waals surface area contributed by atoms with Crippen LogP contribution in [0.3, 0.4) is 0 Å². The van der Waals surface area contributed by atoms with E-state index in [1.165, 1.54) is 0 Å². The minimum atomic E-state index is 0.163. The van der Waals surface area contributed by atoms with Crippen LogP contribution >= 0.6 is 22.7 Å². The number of ether oxygens (including phenoxy) is 2. The fourth-order valence-corrected chi connectivity index (χ4v) is 5.94. The molecule has 4 aromatic carbocycles. The Morgan fingerprint density at radius 1 is 0.579 bits per heavy atom. The number of rotatable bonds is 10. The fourth-order valence-electron chi connectivity index (χ4n) is 4.18. The van der Waals surface area contributed by atoms with E-state index in [1.807, 2.05) is 84.9 Å². The number of nitrogens with zero attached hydrogens (tertiary/aromatic N) is 2. The fraction of sp³-hybridized carbons (Fsp3) is 0.129. The number of carbonyl (C=O) groups excluding carboxylic acids is 1. The summed E-state index contributed by atoms with van der Waals surface area (Å²) in [6.07, 6.45) is 0.766. The molecule has 7 heteroatoms. The van der Waals surface area contributed by atoms with Crippen molar-refractivity contribution in [1.82, 2.24) is 9.97 Å². The molecule has 188 valence electrons. The smallest absolute Gasteiger partial charge is 0.141 e. The lowest BCUT2D eigenvalue weighted by Gasteiger charge is -2.07. The summed E-state index contributed by atoms with van der Waals surface area (Å²) in [5.41, 5.74) is 3.93. The second-order valence-corrected chi connectivity index (χ2v) is 11.1. The van der Waals surface area contributed by atoms with E-state index < -0.39 is 0 Å². The molecule has 2 heterocycles. The number of ketones is 1. The molecule has 0 radical (unpaired) electrons. The maximum absolute atomic E-state index is 12.7. The van der Waals surface area contributed by atoms with E-state index in [0.717, 1.165) is 53.1 Å². The molecular formula is C31H24N2O3S2. The molecular weight excluding hydrogens is 512 g/mol. The van der Waals surface area contributed by atoms with Crippen LogP contribution in [0.4, 0.5) is 0 Å². The molecule has 0 amide bonds. The Hall–Kier alpha value is -4.07. The average molecular weight is 537 g/mol. The molecule has 6 rings (SSSR count). The lowest BCUT2D eigenvalue weighted by atomic mass is 10.0. The summed E-state index contributed by atoms with van der Waals surface area (Å²) in [5, 5.41) is 1.89. The number of Topliss-reactive ketones (excluding diaryl/α,β-unsaturated/α-hetero) is 1. The lowest BCUT2D eigenvalue weighted by Crippen LogP contribution is -2.06. The molecule has 0 saturated carbocycles. The minimum absolute atomic E-state index is 0.163. The standard InChI is InChI=1S/C31H24N2O3S2/c34-23(17-21-9-13-24(14-10-21)35-19-30-32-26-5-1-3-7-28(26)37-30)18-22-11-15-25(16-12-22)36-20-31-33-27-6-2-4-8-29(27)38-31/h1-16H,17-20H2. The molecule has 0 atom stereocenters. The maximum Gasteiger partial charge on any atom is 0.141 e. The zero-order valence-corrected chi connectivity index (χ0v) is 22.1. The van der Waals surface area contributed by atoms with Crippen molar-refractivity contribution >= 4 is 48.9 Å². The summed E-state index contributed by atoms with van der Waals surface area (Å²) in [7, 11) is 0. The van der Waals surface area contributed by atoms with Gasteiger partial charge in [0.2, 0.25) is 0 Å². The zero-order chi connectivity index (χ0) is 25.7. The molecule has 2 aromatic heterocycles. The molecule has 5 nitrogen and oxygen atoms in total. The summed E-state index contributed by atoms with van der Waals surface area (Å²) >= 11 is 3.28. The van der Waals surface area contributed by atoms with E-state index in [0.29, 0.717) is 26.1 Å². The number of thiazole rings is 2. The molecule has 0 N–H and O–H groups in total. The third-order valence-electron chi connectivity index (χ3n) is 6.05. The van der Waals surface area contributed by atoms with Gasteiger partial charge in [-0.25, -0.2) is 9.97 Å². The average Bonchev–Trinajstić information content (AvgIpc) is 3.56. The Kier molecular flexibility index (Phi) is 7.11. The minimum Gasteiger partial charge on any atom is -0.486 e. The largest absolute Gasteiger partial charge is 0.486 e.